The van der Waals surface area contributed by atoms with E-state index >= 15 is 0 Å². The first-order valence-electron chi connectivity index (χ1n) is 6.27. The Balaban J connectivity index is 2.26. The molecule has 0 aliphatic carbocycles. The lowest BCUT2D eigenvalue weighted by molar-refractivity contribution is -0.137. The highest BCUT2D eigenvalue weighted by Gasteiger charge is 2.31. The van der Waals surface area contributed by atoms with Crippen LogP contribution in [0, 0.1) is 11.8 Å². The van der Waals surface area contributed by atoms with Gasteiger partial charge in [-0.25, -0.2) is 0 Å². The molecule has 1 unspecified atom stereocenters. The molecule has 0 radical (unpaired) electrons. The Morgan fingerprint density at radius 1 is 0.857 bits per heavy atom. The van der Waals surface area contributed by atoms with Gasteiger partial charge >= 0.3 is 6.18 Å². The van der Waals surface area contributed by atoms with E-state index in [1.54, 1.807) is 12.1 Å². The second-order valence-corrected chi connectivity index (χ2v) is 4.76. The summed E-state index contributed by atoms with van der Waals surface area (Å²) < 4.78 is 37.5. The Labute approximate surface area is 121 Å². The second-order valence-electron chi connectivity index (χ2n) is 4.76. The molecule has 108 valence electrons. The molecule has 0 bridgehead atoms. The first kappa shape index (κ1) is 15.1. The van der Waals surface area contributed by atoms with E-state index in [1.807, 2.05) is 18.2 Å². The summed E-state index contributed by atoms with van der Waals surface area (Å²) >= 11 is 0. The van der Waals surface area contributed by atoms with Crippen LogP contribution in [0.4, 0.5) is 13.2 Å². The highest BCUT2D eigenvalue weighted by molar-refractivity contribution is 5.40. The number of aliphatic hydroxyl groups is 1. The van der Waals surface area contributed by atoms with Gasteiger partial charge in [0, 0.05) is 5.56 Å². The zero-order valence-corrected chi connectivity index (χ0v) is 11.3. The van der Waals surface area contributed by atoms with E-state index in [1.165, 1.54) is 19.1 Å². The van der Waals surface area contributed by atoms with Gasteiger partial charge in [0.2, 0.25) is 0 Å². The Morgan fingerprint density at radius 2 is 1.38 bits per heavy atom. The summed E-state index contributed by atoms with van der Waals surface area (Å²) in [6.45, 7) is 1.45. The van der Waals surface area contributed by atoms with Crippen LogP contribution in [0.5, 0.6) is 0 Å². The summed E-state index contributed by atoms with van der Waals surface area (Å²) in [6, 6.07) is 13.4. The van der Waals surface area contributed by atoms with Crippen LogP contribution in [0.15, 0.2) is 54.6 Å². The molecule has 0 heterocycles. The van der Waals surface area contributed by atoms with E-state index in [0.717, 1.165) is 17.7 Å². The Morgan fingerprint density at radius 3 is 1.90 bits per heavy atom. The minimum atomic E-state index is -4.39. The maximum atomic E-state index is 12.5. The van der Waals surface area contributed by atoms with Crippen LogP contribution in [0.3, 0.4) is 0 Å². The maximum absolute atomic E-state index is 12.5. The Kier molecular flexibility index (Phi) is 4.06. The van der Waals surface area contributed by atoms with Crippen molar-refractivity contribution in [3.63, 3.8) is 0 Å². The van der Waals surface area contributed by atoms with E-state index in [4.69, 9.17) is 0 Å². The fourth-order valence-electron chi connectivity index (χ4n) is 1.77. The van der Waals surface area contributed by atoms with Crippen LogP contribution in [-0.2, 0) is 11.8 Å². The molecule has 2 aromatic rings. The smallest absolute Gasteiger partial charge is 0.374 e. The van der Waals surface area contributed by atoms with Gasteiger partial charge in [0.15, 0.2) is 0 Å². The van der Waals surface area contributed by atoms with Gasteiger partial charge in [-0.3, -0.25) is 0 Å². The number of rotatable bonds is 1. The van der Waals surface area contributed by atoms with E-state index in [0.29, 0.717) is 5.56 Å². The molecular formula is C17H13F3O. The number of benzene rings is 2. The van der Waals surface area contributed by atoms with Crippen molar-refractivity contribution in [1.29, 1.82) is 0 Å². The highest BCUT2D eigenvalue weighted by Crippen LogP contribution is 2.30. The standard InChI is InChI=1S/C17H13F3O/c1-16(21,12-11-13-5-3-2-4-6-13)14-7-9-15(10-8-14)17(18,19)20/h2-10,21H,1H3. The fraction of sp³-hybridized carbons (Fsp3) is 0.176. The van der Waals surface area contributed by atoms with E-state index in [9.17, 15) is 18.3 Å². The minimum absolute atomic E-state index is 0.318. The third-order valence-electron chi connectivity index (χ3n) is 3.00. The highest BCUT2D eigenvalue weighted by atomic mass is 19.4. The first-order valence-corrected chi connectivity index (χ1v) is 6.27. The van der Waals surface area contributed by atoms with Crippen LogP contribution < -0.4 is 0 Å². The van der Waals surface area contributed by atoms with E-state index in [2.05, 4.69) is 11.8 Å². The average molecular weight is 290 g/mol. The lowest BCUT2D eigenvalue weighted by atomic mass is 9.95. The van der Waals surface area contributed by atoms with Gasteiger partial charge in [-0.05, 0) is 36.8 Å². The summed E-state index contributed by atoms with van der Waals surface area (Å²) in [5.74, 6) is 5.48. The molecule has 0 fully saturated rings. The molecule has 2 aromatic carbocycles. The van der Waals surface area contributed by atoms with Gasteiger partial charge in [0.05, 0.1) is 5.56 Å². The van der Waals surface area contributed by atoms with Crippen molar-refractivity contribution in [3.8, 4) is 11.8 Å². The molecule has 21 heavy (non-hydrogen) atoms. The molecule has 0 amide bonds. The van der Waals surface area contributed by atoms with Gasteiger partial charge in [0.1, 0.15) is 5.60 Å². The van der Waals surface area contributed by atoms with Gasteiger partial charge in [-0.1, -0.05) is 42.2 Å². The van der Waals surface area contributed by atoms with Gasteiger partial charge < -0.3 is 5.11 Å². The zero-order valence-electron chi connectivity index (χ0n) is 11.3. The second kappa shape index (κ2) is 5.63. The first-order chi connectivity index (χ1) is 9.79. The third-order valence-corrected chi connectivity index (χ3v) is 3.00. The zero-order chi connectivity index (χ0) is 15.5. The van der Waals surface area contributed by atoms with Crippen molar-refractivity contribution in [2.24, 2.45) is 0 Å². The monoisotopic (exact) mass is 290 g/mol. The molecule has 1 N–H and O–H groups in total. The number of alkyl halides is 3. The summed E-state index contributed by atoms with van der Waals surface area (Å²) in [4.78, 5) is 0. The lowest BCUT2D eigenvalue weighted by Gasteiger charge is -2.17. The van der Waals surface area contributed by atoms with Crippen LogP contribution in [0.1, 0.15) is 23.6 Å². The third kappa shape index (κ3) is 3.87. The van der Waals surface area contributed by atoms with E-state index < -0.39 is 17.3 Å². The molecule has 0 aromatic heterocycles. The van der Waals surface area contributed by atoms with Crippen molar-refractivity contribution in [1.82, 2.24) is 0 Å². The van der Waals surface area contributed by atoms with Gasteiger partial charge in [-0.15, -0.1) is 0 Å². The Bertz CT molecular complexity index is 659. The summed E-state index contributed by atoms with van der Waals surface area (Å²) in [6.07, 6.45) is -4.39. The molecule has 0 saturated carbocycles. The SMILES string of the molecule is CC(O)(C#Cc1ccccc1)c1ccc(C(F)(F)F)cc1. The molecular weight excluding hydrogens is 277 g/mol. The van der Waals surface area contributed by atoms with E-state index in [-0.39, 0.29) is 0 Å². The van der Waals surface area contributed by atoms with Crippen molar-refractivity contribution < 1.29 is 18.3 Å². The maximum Gasteiger partial charge on any atom is 0.416 e. The molecule has 0 spiro atoms. The molecule has 1 nitrogen and oxygen atoms in total. The molecule has 4 heteroatoms. The molecule has 0 aliphatic heterocycles. The number of halogens is 3. The fourth-order valence-corrected chi connectivity index (χ4v) is 1.77. The number of hydrogen-bond donors (Lipinski definition) is 1. The average Bonchev–Trinajstić information content (AvgIpc) is 2.46. The summed E-state index contributed by atoms with van der Waals surface area (Å²) in [5.41, 5.74) is -1.22. The molecule has 0 aliphatic rings. The van der Waals surface area contributed by atoms with Crippen LogP contribution in [0.2, 0.25) is 0 Å². The topological polar surface area (TPSA) is 20.2 Å². The normalized spacial score (nSPS) is 14.0. The van der Waals surface area contributed by atoms with Gasteiger partial charge in [0.25, 0.3) is 0 Å². The van der Waals surface area contributed by atoms with Crippen molar-refractivity contribution in [2.45, 2.75) is 18.7 Å². The predicted octanol–water partition coefficient (Wildman–Crippen LogP) is 3.96. The van der Waals surface area contributed by atoms with Crippen molar-refractivity contribution in [2.75, 3.05) is 0 Å². The Hall–Kier alpha value is -2.25. The van der Waals surface area contributed by atoms with Crippen LogP contribution in [0.25, 0.3) is 0 Å². The molecule has 0 saturated heterocycles. The summed E-state index contributed by atoms with van der Waals surface area (Å²) in [7, 11) is 0. The molecule has 2 rings (SSSR count). The predicted molar refractivity (Wildman–Crippen MR) is 74.3 cm³/mol. The van der Waals surface area contributed by atoms with Crippen molar-refractivity contribution in [3.05, 3.63) is 71.3 Å². The number of hydrogen-bond acceptors (Lipinski definition) is 1. The van der Waals surface area contributed by atoms with Crippen LogP contribution >= 0.6 is 0 Å². The largest absolute Gasteiger partial charge is 0.416 e. The van der Waals surface area contributed by atoms with Gasteiger partial charge in [-0.2, -0.15) is 13.2 Å². The van der Waals surface area contributed by atoms with Crippen molar-refractivity contribution >= 4 is 0 Å². The lowest BCUT2D eigenvalue weighted by Crippen LogP contribution is -2.19. The minimum Gasteiger partial charge on any atom is -0.374 e. The summed E-state index contributed by atoms with van der Waals surface area (Å²) in [5, 5.41) is 10.3. The quantitative estimate of drug-likeness (QED) is 0.788. The van der Waals surface area contributed by atoms with Crippen LogP contribution in [-0.4, -0.2) is 5.11 Å². The molecule has 1 atom stereocenters.